The third-order valence-corrected chi connectivity index (χ3v) is 5.34. The molecule has 2 aliphatic rings. The standard InChI is InChI=1S/C19H22N4O2/c24-19(15-6-8-21-22-10-15)23-11-16-4-1-5-18(17(16)12-23)25-13-14-3-2-7-20-9-14/h2-3,6-10,16-18H,1,4-5,11-13H2/t16-,17-,18-/m1/s1. The van der Waals surface area contributed by atoms with Gasteiger partial charge in [-0.25, -0.2) is 0 Å². The molecule has 2 aromatic heterocycles. The van der Waals surface area contributed by atoms with Crippen LogP contribution in [0.5, 0.6) is 0 Å². The number of pyridine rings is 1. The SMILES string of the molecule is O=C(c1ccnnc1)N1C[C@H]2CCC[C@@H](OCc3cccnc3)[C@@H]2C1. The second-order valence-electron chi connectivity index (χ2n) is 6.91. The molecule has 0 spiro atoms. The Labute approximate surface area is 147 Å². The number of likely N-dealkylation sites (tertiary alicyclic amines) is 1. The third-order valence-electron chi connectivity index (χ3n) is 5.34. The van der Waals surface area contributed by atoms with Gasteiger partial charge in [0.2, 0.25) is 0 Å². The smallest absolute Gasteiger partial charge is 0.255 e. The molecule has 0 aromatic carbocycles. The summed E-state index contributed by atoms with van der Waals surface area (Å²) in [6.07, 6.45) is 10.4. The summed E-state index contributed by atoms with van der Waals surface area (Å²) in [7, 11) is 0. The fourth-order valence-electron chi connectivity index (χ4n) is 4.08. The summed E-state index contributed by atoms with van der Waals surface area (Å²) in [4.78, 5) is 18.8. The van der Waals surface area contributed by atoms with Gasteiger partial charge in [0.05, 0.1) is 30.7 Å². The fraction of sp³-hybridized carbons (Fsp3) is 0.474. The van der Waals surface area contributed by atoms with Crippen molar-refractivity contribution < 1.29 is 9.53 Å². The van der Waals surface area contributed by atoms with Crippen LogP contribution in [0.15, 0.2) is 43.0 Å². The first-order valence-electron chi connectivity index (χ1n) is 8.88. The first-order valence-corrected chi connectivity index (χ1v) is 8.88. The average Bonchev–Trinajstić information content (AvgIpc) is 3.12. The highest BCUT2D eigenvalue weighted by molar-refractivity contribution is 5.94. The van der Waals surface area contributed by atoms with Gasteiger partial charge in [0.15, 0.2) is 0 Å². The van der Waals surface area contributed by atoms with Gasteiger partial charge in [-0.15, -0.1) is 0 Å². The Kier molecular flexibility index (Phi) is 4.70. The lowest BCUT2D eigenvalue weighted by Crippen LogP contribution is -2.34. The van der Waals surface area contributed by atoms with E-state index in [0.29, 0.717) is 24.0 Å². The normalized spacial score (nSPS) is 25.6. The van der Waals surface area contributed by atoms with Crippen LogP contribution >= 0.6 is 0 Å². The number of aromatic nitrogens is 3. The molecular formula is C19H22N4O2. The number of ether oxygens (including phenoxy) is 1. The van der Waals surface area contributed by atoms with E-state index in [9.17, 15) is 4.79 Å². The van der Waals surface area contributed by atoms with E-state index in [1.807, 2.05) is 23.2 Å². The van der Waals surface area contributed by atoms with Crippen molar-refractivity contribution in [3.05, 3.63) is 54.1 Å². The zero-order chi connectivity index (χ0) is 17.1. The van der Waals surface area contributed by atoms with Crippen LogP contribution in [0.25, 0.3) is 0 Å². The van der Waals surface area contributed by atoms with Crippen molar-refractivity contribution >= 4 is 5.91 Å². The van der Waals surface area contributed by atoms with Gasteiger partial charge in [-0.3, -0.25) is 9.78 Å². The highest BCUT2D eigenvalue weighted by atomic mass is 16.5. The molecule has 6 heteroatoms. The number of hydrogen-bond acceptors (Lipinski definition) is 5. The lowest BCUT2D eigenvalue weighted by Gasteiger charge is -2.32. The first-order chi connectivity index (χ1) is 12.3. The lowest BCUT2D eigenvalue weighted by atomic mass is 9.79. The van der Waals surface area contributed by atoms with Gasteiger partial charge in [-0.1, -0.05) is 12.5 Å². The lowest BCUT2D eigenvalue weighted by molar-refractivity contribution is -0.0293. The van der Waals surface area contributed by atoms with Gasteiger partial charge in [0, 0.05) is 31.4 Å². The van der Waals surface area contributed by atoms with Crippen molar-refractivity contribution in [3.8, 4) is 0 Å². The topological polar surface area (TPSA) is 68.2 Å². The summed E-state index contributed by atoms with van der Waals surface area (Å²) in [6, 6.07) is 5.70. The fourth-order valence-corrected chi connectivity index (χ4v) is 4.08. The molecule has 1 aliphatic carbocycles. The minimum atomic E-state index is 0.0512. The van der Waals surface area contributed by atoms with Crippen molar-refractivity contribution in [3.63, 3.8) is 0 Å². The molecule has 0 N–H and O–H groups in total. The highest BCUT2D eigenvalue weighted by Crippen LogP contribution is 2.38. The zero-order valence-electron chi connectivity index (χ0n) is 14.1. The summed E-state index contributed by atoms with van der Waals surface area (Å²) in [5.41, 5.74) is 1.71. The van der Waals surface area contributed by atoms with Crippen molar-refractivity contribution in [1.82, 2.24) is 20.1 Å². The Morgan fingerprint density at radius 2 is 2.12 bits per heavy atom. The molecule has 0 bridgehead atoms. The van der Waals surface area contributed by atoms with E-state index in [0.717, 1.165) is 31.5 Å². The van der Waals surface area contributed by atoms with Crippen LogP contribution < -0.4 is 0 Å². The van der Waals surface area contributed by atoms with Crippen molar-refractivity contribution in [2.75, 3.05) is 13.1 Å². The number of rotatable bonds is 4. The number of fused-ring (bicyclic) bond motifs is 1. The molecular weight excluding hydrogens is 316 g/mol. The Morgan fingerprint density at radius 1 is 1.16 bits per heavy atom. The summed E-state index contributed by atoms with van der Waals surface area (Å²) in [6.45, 7) is 2.17. The maximum Gasteiger partial charge on any atom is 0.255 e. The van der Waals surface area contributed by atoms with E-state index < -0.39 is 0 Å². The Morgan fingerprint density at radius 3 is 2.92 bits per heavy atom. The molecule has 1 saturated carbocycles. The van der Waals surface area contributed by atoms with Crippen LogP contribution in [-0.2, 0) is 11.3 Å². The van der Waals surface area contributed by atoms with Crippen LogP contribution in [0.4, 0.5) is 0 Å². The summed E-state index contributed by atoms with van der Waals surface area (Å²) >= 11 is 0. The number of amides is 1. The van der Waals surface area contributed by atoms with Crippen LogP contribution in [0, 0.1) is 11.8 Å². The number of hydrogen-bond donors (Lipinski definition) is 0. The van der Waals surface area contributed by atoms with Crippen LogP contribution in [0.2, 0.25) is 0 Å². The molecule has 6 nitrogen and oxygen atoms in total. The minimum absolute atomic E-state index is 0.0512. The van der Waals surface area contributed by atoms with Gasteiger partial charge in [-0.05, 0) is 36.5 Å². The summed E-state index contributed by atoms with van der Waals surface area (Å²) in [5, 5.41) is 7.56. The van der Waals surface area contributed by atoms with Gasteiger partial charge in [0.1, 0.15) is 0 Å². The second kappa shape index (κ2) is 7.27. The van der Waals surface area contributed by atoms with E-state index in [4.69, 9.17) is 4.74 Å². The Hall–Kier alpha value is -2.34. The largest absolute Gasteiger partial charge is 0.373 e. The van der Waals surface area contributed by atoms with E-state index >= 15 is 0 Å². The summed E-state index contributed by atoms with van der Waals surface area (Å²) in [5.74, 6) is 1.01. The van der Waals surface area contributed by atoms with E-state index in [2.05, 4.69) is 15.2 Å². The van der Waals surface area contributed by atoms with Gasteiger partial charge < -0.3 is 9.64 Å². The van der Waals surface area contributed by atoms with Crippen molar-refractivity contribution in [2.45, 2.75) is 32.0 Å². The molecule has 2 aromatic rings. The van der Waals surface area contributed by atoms with E-state index in [1.54, 1.807) is 24.7 Å². The quantitative estimate of drug-likeness (QED) is 0.856. The predicted octanol–water partition coefficient (Wildman–Crippen LogP) is 2.33. The molecule has 3 atom stereocenters. The monoisotopic (exact) mass is 338 g/mol. The second-order valence-corrected chi connectivity index (χ2v) is 6.91. The van der Waals surface area contributed by atoms with Gasteiger partial charge >= 0.3 is 0 Å². The maximum atomic E-state index is 12.7. The zero-order valence-corrected chi connectivity index (χ0v) is 14.1. The molecule has 0 unspecified atom stereocenters. The average molecular weight is 338 g/mol. The first kappa shape index (κ1) is 16.1. The third kappa shape index (κ3) is 3.54. The molecule has 4 rings (SSSR count). The van der Waals surface area contributed by atoms with Crippen molar-refractivity contribution in [2.24, 2.45) is 11.8 Å². The maximum absolute atomic E-state index is 12.7. The van der Waals surface area contributed by atoms with Crippen LogP contribution in [0.1, 0.15) is 35.2 Å². The summed E-state index contributed by atoms with van der Waals surface area (Å²) < 4.78 is 6.22. The highest BCUT2D eigenvalue weighted by Gasteiger charge is 2.42. The molecule has 1 aliphatic heterocycles. The molecule has 2 fully saturated rings. The predicted molar refractivity (Wildman–Crippen MR) is 91.6 cm³/mol. The van der Waals surface area contributed by atoms with Gasteiger partial charge in [0.25, 0.3) is 5.91 Å². The minimum Gasteiger partial charge on any atom is -0.373 e. The van der Waals surface area contributed by atoms with Crippen LogP contribution in [0.3, 0.4) is 0 Å². The molecule has 25 heavy (non-hydrogen) atoms. The van der Waals surface area contributed by atoms with E-state index in [-0.39, 0.29) is 12.0 Å². The number of carbonyl (C=O) groups excluding carboxylic acids is 1. The number of carbonyl (C=O) groups is 1. The van der Waals surface area contributed by atoms with Gasteiger partial charge in [-0.2, -0.15) is 10.2 Å². The molecule has 1 saturated heterocycles. The molecule has 130 valence electrons. The van der Waals surface area contributed by atoms with Crippen LogP contribution in [-0.4, -0.2) is 45.2 Å². The molecule has 1 amide bonds. The van der Waals surface area contributed by atoms with Crippen molar-refractivity contribution in [1.29, 1.82) is 0 Å². The Bertz CT molecular complexity index is 710. The van der Waals surface area contributed by atoms with E-state index in [1.165, 1.54) is 6.42 Å². The molecule has 0 radical (unpaired) electrons. The Balaban J connectivity index is 1.41. The molecule has 3 heterocycles. The number of nitrogens with zero attached hydrogens (tertiary/aromatic N) is 4.